The van der Waals surface area contributed by atoms with Gasteiger partial charge in [0.1, 0.15) is 23.6 Å². The summed E-state index contributed by atoms with van der Waals surface area (Å²) in [5.41, 5.74) is 10.2. The number of piperazine rings is 1. The Labute approximate surface area is 242 Å². The number of benzene rings is 2. The van der Waals surface area contributed by atoms with Gasteiger partial charge in [-0.3, -0.25) is 4.90 Å². The number of nitrogens with two attached hydrogens (primary N) is 1. The molecule has 0 bridgehead atoms. The highest BCUT2D eigenvalue weighted by Crippen LogP contribution is 2.39. The third kappa shape index (κ3) is 5.03. The fourth-order valence-corrected chi connectivity index (χ4v) is 6.48. The van der Waals surface area contributed by atoms with E-state index >= 15 is 0 Å². The van der Waals surface area contributed by atoms with Gasteiger partial charge in [0.25, 0.3) is 0 Å². The van der Waals surface area contributed by atoms with Crippen molar-refractivity contribution in [2.75, 3.05) is 44.3 Å². The number of hydrogen-bond donors (Lipinski definition) is 2. The summed E-state index contributed by atoms with van der Waals surface area (Å²) in [4.78, 5) is 22.2. The minimum atomic E-state index is -0.778. The number of nitrogens with one attached hydrogen (secondary N) is 1. The molecule has 0 radical (unpaired) electrons. The summed E-state index contributed by atoms with van der Waals surface area (Å²) in [5.74, 6) is -0.758. The second-order valence-electron chi connectivity index (χ2n) is 11.4. The maximum Gasteiger partial charge on any atom is 0.230 e. The van der Waals surface area contributed by atoms with Gasteiger partial charge in [0.15, 0.2) is 0 Å². The summed E-state index contributed by atoms with van der Waals surface area (Å²) in [6, 6.07) is 12.5. The van der Waals surface area contributed by atoms with Crippen LogP contribution in [0.15, 0.2) is 55.0 Å². The van der Waals surface area contributed by atoms with Crippen molar-refractivity contribution in [1.29, 1.82) is 0 Å². The van der Waals surface area contributed by atoms with E-state index in [9.17, 15) is 8.78 Å². The minimum Gasteiger partial charge on any atom is -0.383 e. The number of anilines is 3. The summed E-state index contributed by atoms with van der Waals surface area (Å²) >= 11 is 0. The van der Waals surface area contributed by atoms with Crippen molar-refractivity contribution in [1.82, 2.24) is 34.3 Å². The molecule has 216 valence electrons. The van der Waals surface area contributed by atoms with Gasteiger partial charge in [-0.1, -0.05) is 12.1 Å². The number of rotatable bonds is 5. The smallest absolute Gasteiger partial charge is 0.230 e. The predicted molar refractivity (Wildman–Crippen MR) is 160 cm³/mol. The van der Waals surface area contributed by atoms with E-state index in [-0.39, 0.29) is 11.3 Å². The van der Waals surface area contributed by atoms with Crippen LogP contribution in [0.1, 0.15) is 31.7 Å². The van der Waals surface area contributed by atoms with Crippen LogP contribution in [0.3, 0.4) is 0 Å². The molecule has 1 aliphatic heterocycles. The Hall–Kier alpha value is -4.22. The van der Waals surface area contributed by atoms with Gasteiger partial charge in [0, 0.05) is 55.7 Å². The third-order valence-corrected chi connectivity index (χ3v) is 8.82. The summed E-state index contributed by atoms with van der Waals surface area (Å²) in [6.45, 7) is 4.59. The normalized spacial score (nSPS) is 20.4. The molecule has 0 atom stereocenters. The molecule has 2 fully saturated rings. The maximum atomic E-state index is 14.5. The van der Waals surface area contributed by atoms with Crippen molar-refractivity contribution < 1.29 is 8.78 Å². The van der Waals surface area contributed by atoms with Crippen LogP contribution in [0.2, 0.25) is 0 Å². The van der Waals surface area contributed by atoms with Crippen LogP contribution in [0.5, 0.6) is 0 Å². The van der Waals surface area contributed by atoms with E-state index in [0.29, 0.717) is 29.1 Å². The zero-order chi connectivity index (χ0) is 28.8. The maximum absolute atomic E-state index is 14.5. The zero-order valence-corrected chi connectivity index (χ0v) is 23.5. The average molecular weight is 570 g/mol. The first-order valence-corrected chi connectivity index (χ1v) is 14.5. The number of aromatic nitrogens is 5. The van der Waals surface area contributed by atoms with Crippen molar-refractivity contribution in [2.24, 2.45) is 0 Å². The van der Waals surface area contributed by atoms with Gasteiger partial charge in [-0.25, -0.2) is 19.3 Å². The Bertz CT molecular complexity index is 1740. The lowest BCUT2D eigenvalue weighted by Gasteiger charge is -2.41. The molecule has 9 nitrogen and oxygen atoms in total. The Kier molecular flexibility index (Phi) is 6.91. The van der Waals surface area contributed by atoms with Crippen molar-refractivity contribution in [2.45, 2.75) is 37.8 Å². The third-order valence-electron chi connectivity index (χ3n) is 8.82. The molecule has 2 aromatic carbocycles. The largest absolute Gasteiger partial charge is 0.383 e. The van der Waals surface area contributed by atoms with Gasteiger partial charge in [-0.2, -0.15) is 9.37 Å². The number of nitrogens with zero attached hydrogens (tertiary/aromatic N) is 7. The number of hydrogen-bond acceptors (Lipinski definition) is 8. The van der Waals surface area contributed by atoms with E-state index in [0.717, 1.165) is 67.2 Å². The lowest BCUT2D eigenvalue weighted by molar-refractivity contribution is 0.0828. The summed E-state index contributed by atoms with van der Waals surface area (Å²) in [7, 11) is 2.20. The summed E-state index contributed by atoms with van der Waals surface area (Å²) in [5, 5.41) is 3.95. The fourth-order valence-electron chi connectivity index (χ4n) is 6.48. The van der Waals surface area contributed by atoms with Crippen LogP contribution >= 0.6 is 0 Å². The van der Waals surface area contributed by atoms with Crippen molar-refractivity contribution in [3.63, 3.8) is 0 Å². The Balaban J connectivity index is 1.12. The van der Waals surface area contributed by atoms with E-state index in [1.807, 2.05) is 24.3 Å². The summed E-state index contributed by atoms with van der Waals surface area (Å²) < 4.78 is 30.3. The number of nitrogen functional groups attached to an aromatic ring is 1. The highest BCUT2D eigenvalue weighted by atomic mass is 19.1. The molecule has 0 unspecified atom stereocenters. The molecule has 1 saturated heterocycles. The standard InChI is InChI=1S/C31H33F2N9/c1-40-12-14-41(15-13-40)22-7-9-23(10-8-22)42-17-25(27-29(34)35-18-36-30(27)42)19-2-5-21(6-3-19)37-31-38-26-11-4-20(32)16-24(26)28(33)39-31/h2-6,11,16-18,22-23H,7-10,12-15H2,1H3,(H2,34,35,36)(H,37,38,39)/t22-,23-. The van der Waals surface area contributed by atoms with Crippen LogP contribution in [0.4, 0.5) is 26.2 Å². The second-order valence-corrected chi connectivity index (χ2v) is 11.4. The zero-order valence-electron chi connectivity index (χ0n) is 23.5. The molecule has 3 N–H and O–H groups in total. The second kappa shape index (κ2) is 10.9. The molecule has 5 aromatic rings. The van der Waals surface area contributed by atoms with Gasteiger partial charge >= 0.3 is 0 Å². The highest BCUT2D eigenvalue weighted by molar-refractivity contribution is 6.00. The lowest BCUT2D eigenvalue weighted by atomic mass is 9.89. The van der Waals surface area contributed by atoms with Crippen LogP contribution in [-0.2, 0) is 0 Å². The first-order chi connectivity index (χ1) is 20.4. The first-order valence-electron chi connectivity index (χ1n) is 14.5. The van der Waals surface area contributed by atoms with Crippen LogP contribution in [-0.4, -0.2) is 73.6 Å². The molecule has 0 spiro atoms. The lowest BCUT2D eigenvalue weighted by Crippen LogP contribution is -2.49. The molecule has 1 aliphatic carbocycles. The Morgan fingerprint density at radius 1 is 0.881 bits per heavy atom. The van der Waals surface area contributed by atoms with Gasteiger partial charge in [0.05, 0.1) is 16.3 Å². The van der Waals surface area contributed by atoms with Crippen molar-refractivity contribution >= 4 is 39.4 Å². The van der Waals surface area contributed by atoms with Crippen molar-refractivity contribution in [3.8, 4) is 11.1 Å². The Morgan fingerprint density at radius 2 is 1.62 bits per heavy atom. The first kappa shape index (κ1) is 26.7. The molecular weight excluding hydrogens is 536 g/mol. The quantitative estimate of drug-likeness (QED) is 0.272. The number of likely N-dealkylation sites (N-methyl/N-ethyl adjacent to an activating group) is 1. The minimum absolute atomic E-state index is 0.0416. The monoisotopic (exact) mass is 569 g/mol. The van der Waals surface area contributed by atoms with E-state index < -0.39 is 11.8 Å². The van der Waals surface area contributed by atoms with E-state index in [1.165, 1.54) is 31.3 Å². The average Bonchev–Trinajstić information content (AvgIpc) is 3.40. The van der Waals surface area contributed by atoms with Gasteiger partial charge in [0.2, 0.25) is 11.9 Å². The fraction of sp³-hybridized carbons (Fsp3) is 0.355. The Morgan fingerprint density at radius 3 is 2.38 bits per heavy atom. The van der Waals surface area contributed by atoms with Crippen LogP contribution in [0.25, 0.3) is 33.1 Å². The molecule has 7 rings (SSSR count). The van der Waals surface area contributed by atoms with Crippen molar-refractivity contribution in [3.05, 3.63) is 66.8 Å². The number of halogens is 2. The molecule has 0 amide bonds. The molecule has 11 heteroatoms. The topological polar surface area (TPSA) is 101 Å². The molecule has 1 saturated carbocycles. The van der Waals surface area contributed by atoms with E-state index in [4.69, 9.17) is 5.73 Å². The van der Waals surface area contributed by atoms with Crippen LogP contribution < -0.4 is 11.1 Å². The SMILES string of the molecule is CN1CCN([C@H]2CC[C@H](n3cc(-c4ccc(Nc5nc(F)c6cc(F)ccc6n5)cc4)c4c(N)ncnc43)CC2)CC1. The van der Waals surface area contributed by atoms with Gasteiger partial charge in [-0.15, -0.1) is 0 Å². The van der Waals surface area contributed by atoms with E-state index in [1.54, 1.807) is 0 Å². The summed E-state index contributed by atoms with van der Waals surface area (Å²) in [6.07, 6.45) is 8.26. The molecule has 4 heterocycles. The number of fused-ring (bicyclic) bond motifs is 2. The molecule has 3 aromatic heterocycles. The molecule has 2 aliphatic rings. The molecular formula is C31H33F2N9. The highest BCUT2D eigenvalue weighted by Gasteiger charge is 2.30. The van der Waals surface area contributed by atoms with Gasteiger partial charge < -0.3 is 20.5 Å². The van der Waals surface area contributed by atoms with Crippen LogP contribution in [0, 0.1) is 11.8 Å². The molecule has 42 heavy (non-hydrogen) atoms. The van der Waals surface area contributed by atoms with E-state index in [2.05, 4.69) is 52.9 Å². The van der Waals surface area contributed by atoms with Gasteiger partial charge in [-0.05, 0) is 68.6 Å². The predicted octanol–water partition coefficient (Wildman–Crippen LogP) is 5.38.